The van der Waals surface area contributed by atoms with Crippen molar-refractivity contribution in [1.82, 2.24) is 4.98 Å². The van der Waals surface area contributed by atoms with Crippen molar-refractivity contribution in [3.8, 4) is 0 Å². The van der Waals surface area contributed by atoms with Crippen molar-refractivity contribution in [3.63, 3.8) is 0 Å². The van der Waals surface area contributed by atoms with Crippen LogP contribution in [0.25, 0.3) is 0 Å². The molecule has 6 heteroatoms. The molecule has 6 nitrogen and oxygen atoms in total. The number of benzene rings is 1. The summed E-state index contributed by atoms with van der Waals surface area (Å²) in [4.78, 5) is 26.6. The Morgan fingerprint density at radius 1 is 1.15 bits per heavy atom. The zero-order valence-electron chi connectivity index (χ0n) is 10.5. The van der Waals surface area contributed by atoms with Crippen LogP contribution in [-0.2, 0) is 6.54 Å². The molecule has 4 N–H and O–H groups in total. The van der Waals surface area contributed by atoms with Crippen molar-refractivity contribution in [2.45, 2.75) is 6.54 Å². The summed E-state index contributed by atoms with van der Waals surface area (Å²) in [5.74, 6) is -1.43. The molecule has 0 fully saturated rings. The van der Waals surface area contributed by atoms with Crippen LogP contribution in [0.2, 0.25) is 0 Å². The van der Waals surface area contributed by atoms with Crippen LogP contribution < -0.4 is 11.1 Å². The second-order valence-electron chi connectivity index (χ2n) is 4.12. The number of rotatable bonds is 4. The molecule has 1 amide bonds. The Morgan fingerprint density at radius 2 is 1.85 bits per heavy atom. The van der Waals surface area contributed by atoms with E-state index in [0.717, 1.165) is 5.56 Å². The number of anilines is 1. The lowest BCUT2D eigenvalue weighted by Gasteiger charge is -2.06. The molecule has 0 saturated carbocycles. The van der Waals surface area contributed by atoms with Crippen LogP contribution >= 0.6 is 0 Å². The first-order valence-corrected chi connectivity index (χ1v) is 5.89. The molecule has 1 heterocycles. The second-order valence-corrected chi connectivity index (χ2v) is 4.12. The molecule has 0 aliphatic carbocycles. The summed E-state index contributed by atoms with van der Waals surface area (Å²) >= 11 is 0. The molecule has 0 unspecified atom stereocenters. The number of aromatic carboxylic acids is 1. The maximum Gasteiger partial charge on any atom is 0.337 e. The van der Waals surface area contributed by atoms with Gasteiger partial charge in [-0.1, -0.05) is 12.1 Å². The summed E-state index contributed by atoms with van der Waals surface area (Å²) in [6.07, 6.45) is 2.60. The fraction of sp³-hybridized carbons (Fsp3) is 0.0714. The molecule has 0 atom stereocenters. The lowest BCUT2D eigenvalue weighted by molar-refractivity contribution is 0.0696. The van der Waals surface area contributed by atoms with Gasteiger partial charge >= 0.3 is 5.97 Å². The van der Waals surface area contributed by atoms with E-state index < -0.39 is 5.97 Å². The van der Waals surface area contributed by atoms with Gasteiger partial charge < -0.3 is 16.2 Å². The minimum atomic E-state index is -1.10. The maximum absolute atomic E-state index is 12.0. The van der Waals surface area contributed by atoms with Gasteiger partial charge in [0.15, 0.2) is 0 Å². The Bertz CT molecular complexity index is 638. The molecular formula is C14H13N3O3. The Hall–Kier alpha value is -2.73. The predicted molar refractivity (Wildman–Crippen MR) is 73.5 cm³/mol. The van der Waals surface area contributed by atoms with E-state index in [4.69, 9.17) is 10.8 Å². The number of hydrogen-bond acceptors (Lipinski definition) is 4. The Kier molecular flexibility index (Phi) is 4.07. The second kappa shape index (κ2) is 5.94. The number of aromatic nitrogens is 1. The highest BCUT2D eigenvalue weighted by molar-refractivity contribution is 6.04. The molecule has 2 rings (SSSR count). The monoisotopic (exact) mass is 271 g/mol. The SMILES string of the molecule is NCc1ccc(C(=O)Nc2cncc(C(=O)O)c2)cc1. The van der Waals surface area contributed by atoms with Crippen LogP contribution in [0.4, 0.5) is 5.69 Å². The molecule has 102 valence electrons. The predicted octanol–water partition coefficient (Wildman–Crippen LogP) is 1.49. The summed E-state index contributed by atoms with van der Waals surface area (Å²) in [6, 6.07) is 8.20. The first-order chi connectivity index (χ1) is 9.60. The third kappa shape index (κ3) is 3.18. The van der Waals surface area contributed by atoms with E-state index in [1.165, 1.54) is 18.5 Å². The number of carboxylic acids is 1. The molecule has 0 aliphatic heterocycles. The fourth-order valence-corrected chi connectivity index (χ4v) is 1.62. The lowest BCUT2D eigenvalue weighted by atomic mass is 10.1. The number of hydrogen-bond donors (Lipinski definition) is 3. The highest BCUT2D eigenvalue weighted by atomic mass is 16.4. The van der Waals surface area contributed by atoms with E-state index in [1.807, 2.05) is 0 Å². The number of nitrogens with one attached hydrogen (secondary N) is 1. The fourth-order valence-electron chi connectivity index (χ4n) is 1.62. The number of carbonyl (C=O) groups excluding carboxylic acids is 1. The van der Waals surface area contributed by atoms with E-state index in [1.54, 1.807) is 24.3 Å². The summed E-state index contributed by atoms with van der Waals surface area (Å²) in [6.45, 7) is 0.409. The van der Waals surface area contributed by atoms with Crippen molar-refractivity contribution in [2.75, 3.05) is 5.32 Å². The van der Waals surface area contributed by atoms with Gasteiger partial charge in [0.25, 0.3) is 5.91 Å². The van der Waals surface area contributed by atoms with E-state index >= 15 is 0 Å². The van der Waals surface area contributed by atoms with Crippen LogP contribution in [0, 0.1) is 0 Å². The number of carboxylic acid groups (broad SMARTS) is 1. The van der Waals surface area contributed by atoms with Gasteiger partial charge in [0, 0.05) is 18.3 Å². The molecule has 0 bridgehead atoms. The molecule has 2 aromatic rings. The van der Waals surface area contributed by atoms with Crippen molar-refractivity contribution in [1.29, 1.82) is 0 Å². The summed E-state index contributed by atoms with van der Waals surface area (Å²) in [5.41, 5.74) is 7.21. The van der Waals surface area contributed by atoms with Gasteiger partial charge in [0.2, 0.25) is 0 Å². The van der Waals surface area contributed by atoms with Crippen molar-refractivity contribution in [2.24, 2.45) is 5.73 Å². The van der Waals surface area contributed by atoms with Gasteiger partial charge in [-0.25, -0.2) is 4.79 Å². The maximum atomic E-state index is 12.0. The normalized spacial score (nSPS) is 10.1. The average molecular weight is 271 g/mol. The lowest BCUT2D eigenvalue weighted by Crippen LogP contribution is -2.13. The molecular weight excluding hydrogens is 258 g/mol. The number of pyridine rings is 1. The Labute approximate surface area is 115 Å². The standard InChI is InChI=1S/C14H13N3O3/c15-6-9-1-3-10(4-2-9)13(18)17-12-5-11(14(19)20)7-16-8-12/h1-5,7-8H,6,15H2,(H,17,18)(H,19,20). The van der Waals surface area contributed by atoms with Crippen LogP contribution in [0.3, 0.4) is 0 Å². The molecule has 20 heavy (non-hydrogen) atoms. The molecule has 1 aromatic carbocycles. The summed E-state index contributed by atoms with van der Waals surface area (Å²) < 4.78 is 0. The van der Waals surface area contributed by atoms with Gasteiger partial charge in [-0.2, -0.15) is 0 Å². The van der Waals surface area contributed by atoms with Crippen LogP contribution in [0.15, 0.2) is 42.7 Å². The van der Waals surface area contributed by atoms with E-state index in [-0.39, 0.29) is 11.5 Å². The number of nitrogens with zero attached hydrogens (tertiary/aromatic N) is 1. The number of amides is 1. The molecule has 0 radical (unpaired) electrons. The molecule has 0 spiro atoms. The highest BCUT2D eigenvalue weighted by Gasteiger charge is 2.08. The third-order valence-electron chi connectivity index (χ3n) is 2.69. The average Bonchev–Trinajstić information content (AvgIpc) is 2.47. The smallest absolute Gasteiger partial charge is 0.337 e. The first kappa shape index (κ1) is 13.7. The summed E-state index contributed by atoms with van der Waals surface area (Å²) in [7, 11) is 0. The molecule has 0 saturated heterocycles. The minimum absolute atomic E-state index is 0.0151. The van der Waals surface area contributed by atoms with Gasteiger partial charge in [-0.05, 0) is 23.8 Å². The number of carbonyl (C=O) groups is 2. The van der Waals surface area contributed by atoms with E-state index in [9.17, 15) is 9.59 Å². The molecule has 1 aromatic heterocycles. The van der Waals surface area contributed by atoms with Crippen LogP contribution in [0.5, 0.6) is 0 Å². The number of nitrogens with two attached hydrogens (primary N) is 1. The van der Waals surface area contributed by atoms with E-state index in [2.05, 4.69) is 10.3 Å². The zero-order chi connectivity index (χ0) is 14.5. The van der Waals surface area contributed by atoms with Crippen LogP contribution in [-0.4, -0.2) is 22.0 Å². The first-order valence-electron chi connectivity index (χ1n) is 5.89. The minimum Gasteiger partial charge on any atom is -0.478 e. The highest BCUT2D eigenvalue weighted by Crippen LogP contribution is 2.11. The Balaban J connectivity index is 2.14. The van der Waals surface area contributed by atoms with Gasteiger partial charge in [0.1, 0.15) is 0 Å². The van der Waals surface area contributed by atoms with Gasteiger partial charge in [-0.15, -0.1) is 0 Å². The van der Waals surface area contributed by atoms with Gasteiger partial charge in [0.05, 0.1) is 17.4 Å². The van der Waals surface area contributed by atoms with Crippen molar-refractivity contribution in [3.05, 3.63) is 59.4 Å². The van der Waals surface area contributed by atoms with Crippen molar-refractivity contribution >= 4 is 17.6 Å². The third-order valence-corrected chi connectivity index (χ3v) is 2.69. The quantitative estimate of drug-likeness (QED) is 0.781. The van der Waals surface area contributed by atoms with Crippen LogP contribution in [0.1, 0.15) is 26.3 Å². The largest absolute Gasteiger partial charge is 0.478 e. The van der Waals surface area contributed by atoms with Crippen molar-refractivity contribution < 1.29 is 14.7 Å². The Morgan fingerprint density at radius 3 is 2.45 bits per heavy atom. The topological polar surface area (TPSA) is 105 Å². The zero-order valence-corrected chi connectivity index (χ0v) is 10.5. The summed E-state index contributed by atoms with van der Waals surface area (Å²) in [5, 5.41) is 11.4. The molecule has 0 aliphatic rings. The van der Waals surface area contributed by atoms with Gasteiger partial charge in [-0.3, -0.25) is 9.78 Å². The van der Waals surface area contributed by atoms with E-state index in [0.29, 0.717) is 17.8 Å².